The lowest BCUT2D eigenvalue weighted by molar-refractivity contribution is 0.0829. The van der Waals surface area contributed by atoms with Gasteiger partial charge < -0.3 is 4.98 Å². The third-order valence-electron chi connectivity index (χ3n) is 6.25. The number of hydrogen-bond acceptors (Lipinski definition) is 2. The normalized spacial score (nSPS) is 26.2. The molecule has 1 aliphatic heterocycles. The minimum absolute atomic E-state index is 0.737. The Morgan fingerprint density at radius 1 is 1.04 bits per heavy atom. The molecule has 0 unspecified atom stereocenters. The van der Waals surface area contributed by atoms with E-state index in [9.17, 15) is 0 Å². The van der Waals surface area contributed by atoms with E-state index in [1.807, 2.05) is 0 Å². The fraction of sp³-hybridized carbons (Fsp3) is 0.619. The minimum atomic E-state index is 0.737. The molecule has 1 aromatic carbocycles. The molecule has 0 atom stereocenters. The van der Waals surface area contributed by atoms with Gasteiger partial charge >= 0.3 is 0 Å². The molecule has 1 saturated carbocycles. The molecular formula is C21H31N3. The highest BCUT2D eigenvalue weighted by molar-refractivity contribution is 5.83. The summed E-state index contributed by atoms with van der Waals surface area (Å²) in [6.07, 6.45) is 11.8. The molecule has 0 spiro atoms. The second-order valence-electron chi connectivity index (χ2n) is 7.87. The number of rotatable bonds is 4. The summed E-state index contributed by atoms with van der Waals surface area (Å²) in [5, 5.41) is 1.43. The number of hydrogen-bond donors (Lipinski definition) is 1. The Hall–Kier alpha value is -1.32. The fourth-order valence-corrected chi connectivity index (χ4v) is 4.79. The predicted octanol–water partition coefficient (Wildman–Crippen LogP) is 4.57. The third kappa shape index (κ3) is 3.38. The van der Waals surface area contributed by atoms with E-state index in [4.69, 9.17) is 0 Å². The van der Waals surface area contributed by atoms with Crippen LogP contribution in [0, 0.1) is 0 Å². The van der Waals surface area contributed by atoms with Gasteiger partial charge in [0.1, 0.15) is 0 Å². The third-order valence-corrected chi connectivity index (χ3v) is 6.25. The fourth-order valence-electron chi connectivity index (χ4n) is 4.79. The second-order valence-corrected chi connectivity index (χ2v) is 7.87. The van der Waals surface area contributed by atoms with Gasteiger partial charge in [-0.25, -0.2) is 0 Å². The van der Waals surface area contributed by atoms with E-state index in [2.05, 4.69) is 52.3 Å². The molecule has 3 heteroatoms. The monoisotopic (exact) mass is 325 g/mol. The maximum absolute atomic E-state index is 3.46. The minimum Gasteiger partial charge on any atom is -0.361 e. The van der Waals surface area contributed by atoms with Crippen molar-refractivity contribution in [3.8, 4) is 0 Å². The highest BCUT2D eigenvalue weighted by Gasteiger charge is 2.27. The lowest BCUT2D eigenvalue weighted by atomic mass is 9.81. The first kappa shape index (κ1) is 16.2. The number of nitrogens with one attached hydrogen (secondary N) is 1. The molecule has 0 amide bonds. The molecule has 4 rings (SSSR count). The van der Waals surface area contributed by atoms with Crippen LogP contribution in [0.5, 0.6) is 0 Å². The number of fused-ring (bicyclic) bond motifs is 1. The van der Waals surface area contributed by atoms with Crippen LogP contribution in [0.4, 0.5) is 0 Å². The Kier molecular flexibility index (Phi) is 4.91. The highest BCUT2D eigenvalue weighted by Crippen LogP contribution is 2.37. The second kappa shape index (κ2) is 7.28. The maximum Gasteiger partial charge on any atom is 0.0506 e. The summed E-state index contributed by atoms with van der Waals surface area (Å²) in [4.78, 5) is 8.73. The first-order valence-corrected chi connectivity index (χ1v) is 9.80. The number of piperidine rings is 1. The van der Waals surface area contributed by atoms with Gasteiger partial charge in [-0.3, -0.25) is 9.80 Å². The molecule has 1 N–H and O–H groups in total. The number of nitrogens with zero attached hydrogens (tertiary/aromatic N) is 2. The van der Waals surface area contributed by atoms with Crippen LogP contribution in [0.1, 0.15) is 56.4 Å². The van der Waals surface area contributed by atoms with Gasteiger partial charge in [0.25, 0.3) is 0 Å². The van der Waals surface area contributed by atoms with Crippen molar-refractivity contribution >= 4 is 10.9 Å². The zero-order chi connectivity index (χ0) is 16.4. The van der Waals surface area contributed by atoms with E-state index < -0.39 is 0 Å². The Balaban J connectivity index is 1.34. The summed E-state index contributed by atoms with van der Waals surface area (Å²) in [7, 11) is 2.34. The van der Waals surface area contributed by atoms with E-state index in [-0.39, 0.29) is 0 Å². The largest absolute Gasteiger partial charge is 0.361 e. The van der Waals surface area contributed by atoms with Crippen molar-refractivity contribution in [1.82, 2.24) is 14.8 Å². The standard InChI is InChI=1S/C21H31N3/c1-23(16-24-13-5-2-6-14-24)18-11-9-17(10-12-18)20-15-22-21-8-4-3-7-19(20)21/h3-4,7-8,15,17-18,22H,2,5-6,9-14,16H2,1H3. The molecule has 2 heterocycles. The molecule has 1 aliphatic carbocycles. The van der Waals surface area contributed by atoms with Crippen LogP contribution < -0.4 is 0 Å². The first-order valence-electron chi connectivity index (χ1n) is 9.80. The van der Waals surface area contributed by atoms with Crippen LogP contribution in [-0.2, 0) is 0 Å². The molecule has 2 aliphatic rings. The van der Waals surface area contributed by atoms with Gasteiger partial charge in [-0.15, -0.1) is 0 Å². The van der Waals surface area contributed by atoms with Crippen molar-refractivity contribution in [2.45, 2.75) is 56.9 Å². The zero-order valence-corrected chi connectivity index (χ0v) is 15.0. The van der Waals surface area contributed by atoms with Crippen LogP contribution in [-0.4, -0.2) is 47.6 Å². The molecule has 130 valence electrons. The van der Waals surface area contributed by atoms with Crippen molar-refractivity contribution in [1.29, 1.82) is 0 Å². The smallest absolute Gasteiger partial charge is 0.0506 e. The highest BCUT2D eigenvalue weighted by atomic mass is 15.3. The van der Waals surface area contributed by atoms with Crippen LogP contribution in [0.15, 0.2) is 30.5 Å². The summed E-state index contributed by atoms with van der Waals surface area (Å²) in [5.41, 5.74) is 2.83. The molecule has 1 aromatic heterocycles. The molecule has 0 bridgehead atoms. The molecule has 3 nitrogen and oxygen atoms in total. The van der Waals surface area contributed by atoms with Gasteiger partial charge in [-0.05, 0) is 76.2 Å². The lowest BCUT2D eigenvalue weighted by Crippen LogP contribution is -2.44. The number of aromatic nitrogens is 1. The number of H-pyrrole nitrogens is 1. The average Bonchev–Trinajstić information content (AvgIpc) is 3.07. The van der Waals surface area contributed by atoms with Gasteiger partial charge in [0, 0.05) is 23.1 Å². The zero-order valence-electron chi connectivity index (χ0n) is 15.0. The van der Waals surface area contributed by atoms with Crippen molar-refractivity contribution in [3.05, 3.63) is 36.0 Å². The van der Waals surface area contributed by atoms with Gasteiger partial charge in [0.2, 0.25) is 0 Å². The van der Waals surface area contributed by atoms with E-state index in [0.717, 1.165) is 12.0 Å². The Morgan fingerprint density at radius 3 is 2.58 bits per heavy atom. The van der Waals surface area contributed by atoms with Crippen molar-refractivity contribution < 1.29 is 0 Å². The summed E-state index contributed by atoms with van der Waals surface area (Å²) in [5.74, 6) is 0.737. The quantitative estimate of drug-likeness (QED) is 0.889. The summed E-state index contributed by atoms with van der Waals surface area (Å²) in [6.45, 7) is 3.77. The van der Waals surface area contributed by atoms with E-state index >= 15 is 0 Å². The van der Waals surface area contributed by atoms with Crippen LogP contribution >= 0.6 is 0 Å². The average molecular weight is 326 g/mol. The number of para-hydroxylation sites is 1. The van der Waals surface area contributed by atoms with Gasteiger partial charge in [0.05, 0.1) is 6.67 Å². The van der Waals surface area contributed by atoms with E-state index in [0.29, 0.717) is 0 Å². The maximum atomic E-state index is 3.46. The Bertz CT molecular complexity index is 648. The van der Waals surface area contributed by atoms with Gasteiger partial charge in [-0.1, -0.05) is 24.6 Å². The van der Waals surface area contributed by atoms with Crippen molar-refractivity contribution in [2.75, 3.05) is 26.8 Å². The molecular weight excluding hydrogens is 294 g/mol. The molecule has 2 fully saturated rings. The van der Waals surface area contributed by atoms with Crippen LogP contribution in [0.3, 0.4) is 0 Å². The predicted molar refractivity (Wildman–Crippen MR) is 101 cm³/mol. The van der Waals surface area contributed by atoms with E-state index in [1.165, 1.54) is 75.6 Å². The topological polar surface area (TPSA) is 22.3 Å². The summed E-state index contributed by atoms with van der Waals surface area (Å²) in [6, 6.07) is 9.52. The van der Waals surface area contributed by atoms with Crippen LogP contribution in [0.25, 0.3) is 10.9 Å². The first-order chi connectivity index (χ1) is 11.8. The summed E-state index contributed by atoms with van der Waals surface area (Å²) < 4.78 is 0. The molecule has 0 radical (unpaired) electrons. The SMILES string of the molecule is CN(CN1CCCCC1)C1CCC(c2c[nH]c3ccccc23)CC1. The van der Waals surface area contributed by atoms with Crippen LogP contribution in [0.2, 0.25) is 0 Å². The Morgan fingerprint density at radius 2 is 1.79 bits per heavy atom. The lowest BCUT2D eigenvalue weighted by Gasteiger charge is -2.38. The molecule has 1 saturated heterocycles. The van der Waals surface area contributed by atoms with Gasteiger partial charge in [0.15, 0.2) is 0 Å². The number of likely N-dealkylation sites (tertiary alicyclic amines) is 1. The Labute approximate surface area is 146 Å². The van der Waals surface area contributed by atoms with Gasteiger partial charge in [-0.2, -0.15) is 0 Å². The van der Waals surface area contributed by atoms with Crippen molar-refractivity contribution in [3.63, 3.8) is 0 Å². The summed E-state index contributed by atoms with van der Waals surface area (Å²) >= 11 is 0. The van der Waals surface area contributed by atoms with E-state index in [1.54, 1.807) is 5.56 Å². The molecule has 24 heavy (non-hydrogen) atoms. The number of aromatic amines is 1. The molecule has 2 aromatic rings. The van der Waals surface area contributed by atoms with Crippen molar-refractivity contribution in [2.24, 2.45) is 0 Å². The number of benzene rings is 1.